The van der Waals surface area contributed by atoms with Gasteiger partial charge in [0.1, 0.15) is 11.5 Å². The van der Waals surface area contributed by atoms with Crippen molar-refractivity contribution in [1.82, 2.24) is 15.1 Å². The summed E-state index contributed by atoms with van der Waals surface area (Å²) in [5.74, 6) is 0.242. The fraction of sp³-hybridized carbons (Fsp3) is 0.636. The van der Waals surface area contributed by atoms with Gasteiger partial charge < -0.3 is 15.4 Å². The smallest absolute Gasteiger partial charge is 0.272 e. The van der Waals surface area contributed by atoms with E-state index in [9.17, 15) is 4.79 Å². The van der Waals surface area contributed by atoms with Crippen LogP contribution in [0.3, 0.4) is 0 Å². The number of H-pyrrole nitrogens is 1. The fourth-order valence-corrected chi connectivity index (χ4v) is 2.23. The highest BCUT2D eigenvalue weighted by Gasteiger charge is 2.34. The number of carbonyl (C=O) groups excluding carboxylic acids is 1. The van der Waals surface area contributed by atoms with Gasteiger partial charge in [-0.2, -0.15) is 5.10 Å². The molecule has 1 aromatic rings. The second kappa shape index (κ2) is 4.03. The molecule has 1 aromatic heterocycles. The van der Waals surface area contributed by atoms with Gasteiger partial charge in [0.25, 0.3) is 5.91 Å². The van der Waals surface area contributed by atoms with Gasteiger partial charge in [-0.1, -0.05) is 0 Å². The molecule has 1 unspecified atom stereocenters. The average molecular weight is 238 g/mol. The number of morpholine rings is 1. The van der Waals surface area contributed by atoms with E-state index in [2.05, 4.69) is 10.2 Å². The molecule has 0 saturated carbocycles. The zero-order valence-corrected chi connectivity index (χ0v) is 10.4. The van der Waals surface area contributed by atoms with E-state index in [-0.39, 0.29) is 17.6 Å². The maximum Gasteiger partial charge on any atom is 0.272 e. The van der Waals surface area contributed by atoms with Gasteiger partial charge in [-0.25, -0.2) is 0 Å². The number of nitrogens with two attached hydrogens (primary N) is 1. The van der Waals surface area contributed by atoms with Crippen molar-refractivity contribution in [2.24, 2.45) is 0 Å². The zero-order chi connectivity index (χ0) is 12.6. The van der Waals surface area contributed by atoms with Crippen LogP contribution < -0.4 is 5.73 Å². The number of carbonyl (C=O) groups is 1. The number of nitrogens with zero attached hydrogens (tertiary/aromatic N) is 2. The van der Waals surface area contributed by atoms with Gasteiger partial charge in [0.2, 0.25) is 0 Å². The highest BCUT2D eigenvalue weighted by atomic mass is 16.5. The van der Waals surface area contributed by atoms with Crippen LogP contribution in [-0.4, -0.2) is 45.8 Å². The Hall–Kier alpha value is -1.56. The molecule has 1 saturated heterocycles. The highest BCUT2D eigenvalue weighted by Crippen LogP contribution is 2.22. The SMILES string of the molecule is CC1CN(C(=O)c2cc(N)n[nH]2)CC(C)(C)O1. The number of ether oxygens (including phenoxy) is 1. The van der Waals surface area contributed by atoms with E-state index < -0.39 is 0 Å². The molecule has 3 N–H and O–H groups in total. The molecule has 0 spiro atoms. The number of anilines is 1. The van der Waals surface area contributed by atoms with Crippen molar-refractivity contribution in [3.8, 4) is 0 Å². The summed E-state index contributed by atoms with van der Waals surface area (Å²) in [6, 6.07) is 1.55. The lowest BCUT2D eigenvalue weighted by molar-refractivity contribution is -0.118. The van der Waals surface area contributed by atoms with Crippen molar-refractivity contribution in [3.63, 3.8) is 0 Å². The Labute approximate surface area is 100 Å². The molecule has 0 bridgehead atoms. The maximum absolute atomic E-state index is 12.2. The van der Waals surface area contributed by atoms with Crippen molar-refractivity contribution >= 4 is 11.7 Å². The highest BCUT2D eigenvalue weighted by molar-refractivity contribution is 5.93. The Bertz CT molecular complexity index is 427. The molecule has 94 valence electrons. The van der Waals surface area contributed by atoms with Gasteiger partial charge >= 0.3 is 0 Å². The van der Waals surface area contributed by atoms with Crippen LogP contribution in [0.2, 0.25) is 0 Å². The Morgan fingerprint density at radius 3 is 2.94 bits per heavy atom. The van der Waals surface area contributed by atoms with E-state index >= 15 is 0 Å². The maximum atomic E-state index is 12.2. The average Bonchev–Trinajstić information content (AvgIpc) is 2.60. The summed E-state index contributed by atoms with van der Waals surface area (Å²) in [7, 11) is 0. The molecule has 1 fully saturated rings. The minimum absolute atomic E-state index is 0.0305. The van der Waals surface area contributed by atoms with E-state index in [0.717, 1.165) is 0 Å². The number of amides is 1. The molecule has 17 heavy (non-hydrogen) atoms. The van der Waals surface area contributed by atoms with E-state index in [1.807, 2.05) is 20.8 Å². The first-order valence-electron chi connectivity index (χ1n) is 5.65. The van der Waals surface area contributed by atoms with Crippen LogP contribution in [0.5, 0.6) is 0 Å². The molecule has 2 rings (SSSR count). The van der Waals surface area contributed by atoms with Crippen LogP contribution in [0.4, 0.5) is 5.82 Å². The standard InChI is InChI=1S/C11H18N4O2/c1-7-5-15(6-11(2,3)17-7)10(16)8-4-9(12)14-13-8/h4,7H,5-6H2,1-3H3,(H3,12,13,14). The number of aromatic amines is 1. The number of rotatable bonds is 1. The minimum atomic E-state index is -0.321. The van der Waals surface area contributed by atoms with Crippen molar-refractivity contribution in [2.75, 3.05) is 18.8 Å². The van der Waals surface area contributed by atoms with Gasteiger partial charge in [0.05, 0.1) is 11.7 Å². The second-order valence-electron chi connectivity index (χ2n) is 5.08. The Balaban J connectivity index is 2.14. The number of aromatic nitrogens is 2. The summed E-state index contributed by atoms with van der Waals surface area (Å²) in [5.41, 5.74) is 5.59. The zero-order valence-electron chi connectivity index (χ0n) is 10.4. The Morgan fingerprint density at radius 1 is 1.71 bits per heavy atom. The third-order valence-corrected chi connectivity index (χ3v) is 2.68. The summed E-state index contributed by atoms with van der Waals surface area (Å²) in [6.07, 6.45) is 0.0305. The molecule has 1 amide bonds. The van der Waals surface area contributed by atoms with Crippen LogP contribution >= 0.6 is 0 Å². The van der Waals surface area contributed by atoms with E-state index in [1.165, 1.54) is 0 Å². The van der Waals surface area contributed by atoms with E-state index in [1.54, 1.807) is 11.0 Å². The normalized spacial score (nSPS) is 23.7. The lowest BCUT2D eigenvalue weighted by Gasteiger charge is -2.41. The fourth-order valence-electron chi connectivity index (χ4n) is 2.23. The van der Waals surface area contributed by atoms with Crippen molar-refractivity contribution in [1.29, 1.82) is 0 Å². The summed E-state index contributed by atoms with van der Waals surface area (Å²) < 4.78 is 5.75. The van der Waals surface area contributed by atoms with Crippen LogP contribution in [0.25, 0.3) is 0 Å². The number of hydrogen-bond donors (Lipinski definition) is 2. The number of hydrogen-bond acceptors (Lipinski definition) is 4. The lowest BCUT2D eigenvalue weighted by Crippen LogP contribution is -2.53. The van der Waals surface area contributed by atoms with Crippen LogP contribution in [0.15, 0.2) is 6.07 Å². The molecular weight excluding hydrogens is 220 g/mol. The van der Waals surface area contributed by atoms with Crippen LogP contribution in [-0.2, 0) is 4.74 Å². The van der Waals surface area contributed by atoms with Crippen molar-refractivity contribution in [3.05, 3.63) is 11.8 Å². The topological polar surface area (TPSA) is 84.2 Å². The molecule has 1 atom stereocenters. The molecular formula is C11H18N4O2. The van der Waals surface area contributed by atoms with Gasteiger partial charge in [-0.05, 0) is 20.8 Å². The van der Waals surface area contributed by atoms with Gasteiger partial charge in [-0.3, -0.25) is 9.89 Å². The molecule has 2 heterocycles. The van der Waals surface area contributed by atoms with Gasteiger partial charge in [0.15, 0.2) is 0 Å². The van der Waals surface area contributed by atoms with Crippen molar-refractivity contribution < 1.29 is 9.53 Å². The minimum Gasteiger partial charge on any atom is -0.382 e. The molecule has 0 radical (unpaired) electrons. The first-order chi connectivity index (χ1) is 7.87. The third-order valence-electron chi connectivity index (χ3n) is 2.68. The largest absolute Gasteiger partial charge is 0.382 e. The molecule has 0 aromatic carbocycles. The second-order valence-corrected chi connectivity index (χ2v) is 5.08. The van der Waals surface area contributed by atoms with Gasteiger partial charge in [-0.15, -0.1) is 0 Å². The first kappa shape index (κ1) is 11.9. The monoisotopic (exact) mass is 238 g/mol. The predicted molar refractivity (Wildman–Crippen MR) is 63.5 cm³/mol. The van der Waals surface area contributed by atoms with Crippen LogP contribution in [0, 0.1) is 0 Å². The Kier molecular flexibility index (Phi) is 2.82. The molecule has 6 heteroatoms. The van der Waals surface area contributed by atoms with Crippen molar-refractivity contribution in [2.45, 2.75) is 32.5 Å². The summed E-state index contributed by atoms with van der Waals surface area (Å²) in [6.45, 7) is 7.06. The predicted octanol–water partition coefficient (Wildman–Crippen LogP) is 0.631. The third kappa shape index (κ3) is 2.58. The van der Waals surface area contributed by atoms with E-state index in [4.69, 9.17) is 10.5 Å². The number of nitrogens with one attached hydrogen (secondary N) is 1. The van der Waals surface area contributed by atoms with Crippen LogP contribution in [0.1, 0.15) is 31.3 Å². The molecule has 1 aliphatic heterocycles. The van der Waals surface area contributed by atoms with E-state index in [0.29, 0.717) is 24.6 Å². The van der Waals surface area contributed by atoms with Gasteiger partial charge in [0, 0.05) is 19.2 Å². The first-order valence-corrected chi connectivity index (χ1v) is 5.65. The summed E-state index contributed by atoms with van der Waals surface area (Å²) in [5, 5.41) is 6.40. The number of nitrogen functional groups attached to an aromatic ring is 1. The molecule has 0 aliphatic carbocycles. The molecule has 1 aliphatic rings. The summed E-state index contributed by atoms with van der Waals surface area (Å²) >= 11 is 0. The molecule has 6 nitrogen and oxygen atoms in total. The lowest BCUT2D eigenvalue weighted by atomic mass is 10.1. The Morgan fingerprint density at radius 2 is 2.41 bits per heavy atom. The quantitative estimate of drug-likeness (QED) is 0.751. The summed E-state index contributed by atoms with van der Waals surface area (Å²) in [4.78, 5) is 14.0.